The van der Waals surface area contributed by atoms with Crippen molar-refractivity contribution in [3.05, 3.63) is 95.3 Å². The van der Waals surface area contributed by atoms with E-state index in [9.17, 15) is 19.1 Å². The van der Waals surface area contributed by atoms with Crippen LogP contribution >= 0.6 is 0 Å². The van der Waals surface area contributed by atoms with Crippen molar-refractivity contribution in [1.82, 2.24) is 0 Å². The van der Waals surface area contributed by atoms with Crippen LogP contribution in [0.15, 0.2) is 72.8 Å². The number of rotatable bonds is 7. The van der Waals surface area contributed by atoms with Gasteiger partial charge in [-0.25, -0.2) is 4.39 Å². The van der Waals surface area contributed by atoms with Crippen LogP contribution in [0.1, 0.15) is 22.6 Å². The molecule has 3 N–H and O–H groups in total. The highest BCUT2D eigenvalue weighted by Gasteiger charge is 2.36. The second kappa shape index (κ2) is 8.70. The largest absolute Gasteiger partial charge is 0.481 e. The van der Waals surface area contributed by atoms with Gasteiger partial charge in [-0.05, 0) is 40.3 Å². The van der Waals surface area contributed by atoms with Gasteiger partial charge in [0, 0.05) is 12.0 Å². The van der Waals surface area contributed by atoms with E-state index in [4.69, 9.17) is 10.5 Å². The van der Waals surface area contributed by atoms with Gasteiger partial charge < -0.3 is 15.6 Å². The lowest BCUT2D eigenvalue weighted by Crippen LogP contribution is -2.43. The standard InChI is InChI=1S/C25H22FNO4/c26-21-12-6-1-7-15(21)13-22(27)23(24(28)29)25(30)31-14-20-18-10-4-2-8-16(18)17-9-3-5-11-19(17)20/h1-12,20,22-23H,13-14,27H2,(H,28,29). The number of hydrogen-bond acceptors (Lipinski definition) is 4. The molecule has 0 aromatic heterocycles. The van der Waals surface area contributed by atoms with Crippen molar-refractivity contribution in [2.45, 2.75) is 18.4 Å². The first kappa shape index (κ1) is 20.8. The van der Waals surface area contributed by atoms with Gasteiger partial charge in [0.05, 0.1) is 0 Å². The van der Waals surface area contributed by atoms with Crippen molar-refractivity contribution in [3.8, 4) is 11.1 Å². The van der Waals surface area contributed by atoms with E-state index in [1.807, 2.05) is 48.5 Å². The molecule has 2 unspecified atom stereocenters. The fourth-order valence-corrected chi connectivity index (χ4v) is 4.19. The second-order valence-corrected chi connectivity index (χ2v) is 7.63. The zero-order chi connectivity index (χ0) is 22.0. The maximum Gasteiger partial charge on any atom is 0.321 e. The molecule has 4 rings (SSSR count). The Morgan fingerprint density at radius 2 is 1.48 bits per heavy atom. The number of halogens is 1. The average Bonchev–Trinajstić information content (AvgIpc) is 3.07. The Balaban J connectivity index is 1.50. The van der Waals surface area contributed by atoms with E-state index in [-0.39, 0.29) is 24.5 Å². The molecule has 0 saturated carbocycles. The average molecular weight is 419 g/mol. The van der Waals surface area contributed by atoms with Crippen LogP contribution in [0.5, 0.6) is 0 Å². The number of fused-ring (bicyclic) bond motifs is 3. The first-order chi connectivity index (χ1) is 15.0. The number of carbonyl (C=O) groups is 2. The van der Waals surface area contributed by atoms with E-state index in [1.54, 1.807) is 6.07 Å². The number of hydrogen-bond donors (Lipinski definition) is 2. The van der Waals surface area contributed by atoms with E-state index in [1.165, 1.54) is 18.2 Å². The van der Waals surface area contributed by atoms with Crippen LogP contribution < -0.4 is 5.73 Å². The Hall–Kier alpha value is -3.51. The molecular formula is C25H22FNO4. The minimum atomic E-state index is -1.59. The maximum absolute atomic E-state index is 13.9. The Labute approximate surface area is 179 Å². The molecule has 0 spiro atoms. The van der Waals surface area contributed by atoms with E-state index in [0.717, 1.165) is 22.3 Å². The summed E-state index contributed by atoms with van der Waals surface area (Å²) in [6.45, 7) is 0.00303. The van der Waals surface area contributed by atoms with Crippen LogP contribution in [-0.4, -0.2) is 29.7 Å². The maximum atomic E-state index is 13.9. The summed E-state index contributed by atoms with van der Waals surface area (Å²) in [6.07, 6.45) is -0.0894. The molecule has 1 aliphatic rings. The summed E-state index contributed by atoms with van der Waals surface area (Å²) in [5.74, 6) is -4.58. The Bertz CT molecular complexity index is 1080. The van der Waals surface area contributed by atoms with E-state index in [0.29, 0.717) is 0 Å². The van der Waals surface area contributed by atoms with Gasteiger partial charge in [0.2, 0.25) is 0 Å². The predicted molar refractivity (Wildman–Crippen MR) is 114 cm³/mol. The van der Waals surface area contributed by atoms with Crippen molar-refractivity contribution in [1.29, 1.82) is 0 Å². The lowest BCUT2D eigenvalue weighted by molar-refractivity contribution is -0.159. The predicted octanol–water partition coefficient (Wildman–Crippen LogP) is 3.75. The third-order valence-electron chi connectivity index (χ3n) is 5.72. The zero-order valence-electron chi connectivity index (χ0n) is 16.7. The monoisotopic (exact) mass is 419 g/mol. The fraction of sp³-hybridized carbons (Fsp3) is 0.200. The van der Waals surface area contributed by atoms with Crippen LogP contribution in [0, 0.1) is 11.7 Å². The van der Waals surface area contributed by atoms with Gasteiger partial charge in [-0.15, -0.1) is 0 Å². The van der Waals surface area contributed by atoms with Gasteiger partial charge in [0.1, 0.15) is 12.4 Å². The lowest BCUT2D eigenvalue weighted by atomic mass is 9.93. The summed E-state index contributed by atoms with van der Waals surface area (Å²) in [5, 5.41) is 9.59. The minimum Gasteiger partial charge on any atom is -0.481 e. The molecule has 0 saturated heterocycles. The topological polar surface area (TPSA) is 89.6 Å². The number of nitrogens with two attached hydrogens (primary N) is 1. The Morgan fingerprint density at radius 3 is 2.06 bits per heavy atom. The number of carboxylic acids is 1. The Kier molecular flexibility index (Phi) is 5.82. The van der Waals surface area contributed by atoms with E-state index in [2.05, 4.69) is 0 Å². The fourth-order valence-electron chi connectivity index (χ4n) is 4.19. The van der Waals surface area contributed by atoms with Crippen LogP contribution in [-0.2, 0) is 20.7 Å². The summed E-state index contributed by atoms with van der Waals surface area (Å²) in [5.41, 5.74) is 10.5. The van der Waals surface area contributed by atoms with Crippen LogP contribution in [0.4, 0.5) is 4.39 Å². The highest BCUT2D eigenvalue weighted by atomic mass is 19.1. The summed E-state index contributed by atoms with van der Waals surface area (Å²) in [4.78, 5) is 24.5. The highest BCUT2D eigenvalue weighted by Crippen LogP contribution is 2.44. The Morgan fingerprint density at radius 1 is 0.935 bits per heavy atom. The molecule has 0 radical (unpaired) electrons. The molecule has 2 atom stereocenters. The normalized spacial score (nSPS) is 14.4. The first-order valence-electron chi connectivity index (χ1n) is 10.0. The highest BCUT2D eigenvalue weighted by molar-refractivity contribution is 5.95. The van der Waals surface area contributed by atoms with Crippen molar-refractivity contribution in [2.24, 2.45) is 11.7 Å². The number of benzene rings is 3. The molecular weight excluding hydrogens is 397 g/mol. The number of esters is 1. The molecule has 0 aliphatic heterocycles. The molecule has 3 aromatic carbocycles. The molecule has 6 heteroatoms. The van der Waals surface area contributed by atoms with Crippen molar-refractivity contribution < 1.29 is 23.8 Å². The molecule has 0 fully saturated rings. The van der Waals surface area contributed by atoms with E-state index < -0.39 is 29.7 Å². The van der Waals surface area contributed by atoms with Crippen molar-refractivity contribution in [2.75, 3.05) is 6.61 Å². The molecule has 3 aromatic rings. The van der Waals surface area contributed by atoms with Crippen LogP contribution in [0.2, 0.25) is 0 Å². The number of carbonyl (C=O) groups excluding carboxylic acids is 1. The molecule has 0 bridgehead atoms. The number of ether oxygens (including phenoxy) is 1. The van der Waals surface area contributed by atoms with Crippen molar-refractivity contribution in [3.63, 3.8) is 0 Å². The molecule has 1 aliphatic carbocycles. The van der Waals surface area contributed by atoms with Gasteiger partial charge in [0.25, 0.3) is 0 Å². The van der Waals surface area contributed by atoms with Gasteiger partial charge in [0.15, 0.2) is 5.92 Å². The quantitative estimate of drug-likeness (QED) is 0.450. The first-order valence-corrected chi connectivity index (χ1v) is 10.0. The zero-order valence-corrected chi connectivity index (χ0v) is 16.7. The van der Waals surface area contributed by atoms with Gasteiger partial charge >= 0.3 is 11.9 Å². The third kappa shape index (κ3) is 4.07. The number of carboxylic acid groups (broad SMARTS) is 1. The summed E-state index contributed by atoms with van der Waals surface area (Å²) in [7, 11) is 0. The third-order valence-corrected chi connectivity index (χ3v) is 5.72. The molecule has 0 amide bonds. The van der Waals surface area contributed by atoms with Crippen molar-refractivity contribution >= 4 is 11.9 Å². The second-order valence-electron chi connectivity index (χ2n) is 7.63. The number of aliphatic carboxylic acids is 1. The molecule has 31 heavy (non-hydrogen) atoms. The smallest absolute Gasteiger partial charge is 0.321 e. The SMILES string of the molecule is NC(Cc1ccccc1F)C(C(=O)O)C(=O)OCC1c2ccccc2-c2ccccc21. The lowest BCUT2D eigenvalue weighted by Gasteiger charge is -2.21. The van der Waals surface area contributed by atoms with Crippen LogP contribution in [0.25, 0.3) is 11.1 Å². The van der Waals surface area contributed by atoms with E-state index >= 15 is 0 Å². The summed E-state index contributed by atoms with van der Waals surface area (Å²) in [6, 6.07) is 20.6. The molecule has 5 nitrogen and oxygen atoms in total. The van der Waals surface area contributed by atoms with Gasteiger partial charge in [-0.2, -0.15) is 0 Å². The minimum absolute atomic E-state index is 0.00303. The summed E-state index contributed by atoms with van der Waals surface area (Å²) < 4.78 is 19.4. The molecule has 158 valence electrons. The van der Waals surface area contributed by atoms with Crippen LogP contribution in [0.3, 0.4) is 0 Å². The van der Waals surface area contributed by atoms with Gasteiger partial charge in [-0.1, -0.05) is 66.7 Å². The summed E-state index contributed by atoms with van der Waals surface area (Å²) >= 11 is 0. The van der Waals surface area contributed by atoms with Gasteiger partial charge in [-0.3, -0.25) is 9.59 Å². The molecule has 0 heterocycles.